The molecular weight excluding hydrogens is 330 g/mol. The number of nitrogens with one attached hydrogen (secondary N) is 1. The fraction of sp³-hybridized carbons (Fsp3) is 0.353. The van der Waals surface area contributed by atoms with Crippen molar-refractivity contribution in [1.29, 1.82) is 0 Å². The summed E-state index contributed by atoms with van der Waals surface area (Å²) in [6.07, 6.45) is 1.87. The molecule has 1 aliphatic carbocycles. The number of benzene rings is 1. The molecular formula is C17H18ClN3O3. The minimum Gasteiger partial charge on any atom is -0.495 e. The number of carbonyl (C=O) groups excluding carboxylic acids is 1. The van der Waals surface area contributed by atoms with Gasteiger partial charge >= 0.3 is 0 Å². The second-order valence-corrected chi connectivity index (χ2v) is 6.29. The van der Waals surface area contributed by atoms with Crippen LogP contribution in [0.3, 0.4) is 0 Å². The van der Waals surface area contributed by atoms with Gasteiger partial charge < -0.3 is 10.1 Å². The minimum atomic E-state index is -0.213. The number of rotatable bonds is 3. The summed E-state index contributed by atoms with van der Waals surface area (Å²) in [7, 11) is 3.17. The SMILES string of the molecule is COc1ccc(Cl)cc1NC(=O)C1CCc2nn(C)c(=O)cc2C1. The maximum Gasteiger partial charge on any atom is 0.266 e. The van der Waals surface area contributed by atoms with Crippen LogP contribution in [0.4, 0.5) is 5.69 Å². The highest BCUT2D eigenvalue weighted by Crippen LogP contribution is 2.30. The molecule has 0 aliphatic heterocycles. The van der Waals surface area contributed by atoms with Gasteiger partial charge in [0.15, 0.2) is 0 Å². The van der Waals surface area contributed by atoms with E-state index in [-0.39, 0.29) is 17.4 Å². The summed E-state index contributed by atoms with van der Waals surface area (Å²) in [6, 6.07) is 6.64. The molecule has 1 amide bonds. The lowest BCUT2D eigenvalue weighted by Gasteiger charge is -2.23. The normalized spacial score (nSPS) is 16.4. The van der Waals surface area contributed by atoms with Crippen molar-refractivity contribution in [2.45, 2.75) is 19.3 Å². The maximum atomic E-state index is 12.6. The molecule has 1 heterocycles. The van der Waals surface area contributed by atoms with Gasteiger partial charge in [0.2, 0.25) is 5.91 Å². The molecule has 126 valence electrons. The van der Waals surface area contributed by atoms with E-state index in [0.29, 0.717) is 35.7 Å². The Labute approximate surface area is 144 Å². The second kappa shape index (κ2) is 6.65. The first-order chi connectivity index (χ1) is 11.5. The summed E-state index contributed by atoms with van der Waals surface area (Å²) in [5, 5.41) is 7.66. The summed E-state index contributed by atoms with van der Waals surface area (Å²) in [6.45, 7) is 0. The van der Waals surface area contributed by atoms with E-state index in [1.165, 1.54) is 11.8 Å². The zero-order valence-corrected chi connectivity index (χ0v) is 14.3. The molecule has 3 rings (SSSR count). The average molecular weight is 348 g/mol. The van der Waals surface area contributed by atoms with Crippen LogP contribution < -0.4 is 15.6 Å². The van der Waals surface area contributed by atoms with Gasteiger partial charge in [0.25, 0.3) is 5.56 Å². The van der Waals surface area contributed by atoms with E-state index in [1.54, 1.807) is 31.3 Å². The van der Waals surface area contributed by atoms with Crippen molar-refractivity contribution in [3.8, 4) is 5.75 Å². The lowest BCUT2D eigenvalue weighted by atomic mass is 9.86. The molecule has 7 heteroatoms. The van der Waals surface area contributed by atoms with Crippen molar-refractivity contribution in [2.24, 2.45) is 13.0 Å². The minimum absolute atomic E-state index is 0.109. The van der Waals surface area contributed by atoms with E-state index in [9.17, 15) is 9.59 Å². The molecule has 0 radical (unpaired) electrons. The number of aryl methyl sites for hydroxylation is 2. The molecule has 2 aromatic rings. The van der Waals surface area contributed by atoms with Gasteiger partial charge in [0, 0.05) is 24.1 Å². The largest absolute Gasteiger partial charge is 0.495 e. The standard InChI is InChI=1S/C17H18ClN3O3/c1-21-16(22)8-11-7-10(3-5-13(11)20-21)17(23)19-14-9-12(18)4-6-15(14)24-2/h4,6,8-10H,3,5,7H2,1-2H3,(H,19,23). The molecule has 0 bridgehead atoms. The Morgan fingerprint density at radius 1 is 1.42 bits per heavy atom. The number of ether oxygens (including phenoxy) is 1. The molecule has 1 aliphatic rings. The monoisotopic (exact) mass is 347 g/mol. The first-order valence-electron chi connectivity index (χ1n) is 7.68. The summed E-state index contributed by atoms with van der Waals surface area (Å²) in [4.78, 5) is 24.3. The van der Waals surface area contributed by atoms with Gasteiger partial charge in [0.1, 0.15) is 5.75 Å². The van der Waals surface area contributed by atoms with Gasteiger partial charge in [-0.15, -0.1) is 0 Å². The fourth-order valence-corrected chi connectivity index (χ4v) is 3.09. The van der Waals surface area contributed by atoms with Crippen LogP contribution in [-0.4, -0.2) is 22.8 Å². The van der Waals surface area contributed by atoms with Crippen LogP contribution in [0.5, 0.6) is 5.75 Å². The predicted octanol–water partition coefficient (Wildman–Crippen LogP) is 2.19. The zero-order chi connectivity index (χ0) is 17.3. The van der Waals surface area contributed by atoms with E-state index in [4.69, 9.17) is 16.3 Å². The molecule has 0 saturated carbocycles. The average Bonchev–Trinajstić information content (AvgIpc) is 2.55. The topological polar surface area (TPSA) is 73.2 Å². The number of hydrogen-bond acceptors (Lipinski definition) is 4. The molecule has 0 fully saturated rings. The molecule has 1 aromatic heterocycles. The van der Waals surface area contributed by atoms with Crippen LogP contribution in [0.1, 0.15) is 17.7 Å². The summed E-state index contributed by atoms with van der Waals surface area (Å²) in [5.41, 5.74) is 2.12. The number of fused-ring (bicyclic) bond motifs is 1. The molecule has 0 saturated heterocycles. The Bertz CT molecular complexity index is 847. The van der Waals surface area contributed by atoms with Crippen LogP contribution in [0.25, 0.3) is 0 Å². The highest BCUT2D eigenvalue weighted by molar-refractivity contribution is 6.31. The third-order valence-corrected chi connectivity index (χ3v) is 4.48. The predicted molar refractivity (Wildman–Crippen MR) is 91.6 cm³/mol. The van der Waals surface area contributed by atoms with Crippen LogP contribution in [0.2, 0.25) is 5.02 Å². The summed E-state index contributed by atoms with van der Waals surface area (Å²) < 4.78 is 6.58. The molecule has 1 aromatic carbocycles. The van der Waals surface area contributed by atoms with Gasteiger partial charge in [-0.25, -0.2) is 4.68 Å². The maximum absolute atomic E-state index is 12.6. The smallest absolute Gasteiger partial charge is 0.266 e. The second-order valence-electron chi connectivity index (χ2n) is 5.85. The molecule has 0 spiro atoms. The van der Waals surface area contributed by atoms with Crippen molar-refractivity contribution < 1.29 is 9.53 Å². The Balaban J connectivity index is 1.78. The van der Waals surface area contributed by atoms with Crippen molar-refractivity contribution >= 4 is 23.2 Å². The lowest BCUT2D eigenvalue weighted by molar-refractivity contribution is -0.120. The molecule has 1 atom stereocenters. The lowest BCUT2D eigenvalue weighted by Crippen LogP contribution is -2.31. The molecule has 6 nitrogen and oxygen atoms in total. The highest BCUT2D eigenvalue weighted by atomic mass is 35.5. The third kappa shape index (κ3) is 3.28. The number of halogens is 1. The number of hydrogen-bond donors (Lipinski definition) is 1. The zero-order valence-electron chi connectivity index (χ0n) is 13.5. The van der Waals surface area contributed by atoms with Crippen LogP contribution in [0.15, 0.2) is 29.1 Å². The number of methoxy groups -OCH3 is 1. The Kier molecular flexibility index (Phi) is 4.57. The molecule has 1 unspecified atom stereocenters. The van der Waals surface area contributed by atoms with Crippen molar-refractivity contribution in [3.05, 3.63) is 50.9 Å². The number of aromatic nitrogens is 2. The first kappa shape index (κ1) is 16.5. The Morgan fingerprint density at radius 3 is 2.96 bits per heavy atom. The highest BCUT2D eigenvalue weighted by Gasteiger charge is 2.26. The van der Waals surface area contributed by atoms with E-state index in [0.717, 1.165) is 11.3 Å². The van der Waals surface area contributed by atoms with Gasteiger partial charge in [-0.3, -0.25) is 9.59 Å². The van der Waals surface area contributed by atoms with Gasteiger partial charge in [-0.2, -0.15) is 5.10 Å². The van der Waals surface area contributed by atoms with Crippen molar-refractivity contribution in [2.75, 3.05) is 12.4 Å². The van der Waals surface area contributed by atoms with E-state index < -0.39 is 0 Å². The first-order valence-corrected chi connectivity index (χ1v) is 8.06. The number of anilines is 1. The van der Waals surface area contributed by atoms with Crippen molar-refractivity contribution in [3.63, 3.8) is 0 Å². The van der Waals surface area contributed by atoms with Crippen molar-refractivity contribution in [1.82, 2.24) is 9.78 Å². The Morgan fingerprint density at radius 2 is 2.21 bits per heavy atom. The number of nitrogens with zero attached hydrogens (tertiary/aromatic N) is 2. The van der Waals surface area contributed by atoms with Gasteiger partial charge in [0.05, 0.1) is 18.5 Å². The fourth-order valence-electron chi connectivity index (χ4n) is 2.92. The third-order valence-electron chi connectivity index (χ3n) is 4.24. The molecule has 24 heavy (non-hydrogen) atoms. The number of amides is 1. The van der Waals surface area contributed by atoms with Gasteiger partial charge in [-0.05, 0) is 43.0 Å². The van der Waals surface area contributed by atoms with E-state index in [2.05, 4.69) is 10.4 Å². The van der Waals surface area contributed by atoms with Crippen LogP contribution in [-0.2, 0) is 24.7 Å². The number of carbonyl (C=O) groups is 1. The van der Waals surface area contributed by atoms with E-state index in [1.807, 2.05) is 0 Å². The summed E-state index contributed by atoms with van der Waals surface area (Å²) in [5.74, 6) is 0.233. The van der Waals surface area contributed by atoms with Crippen LogP contribution >= 0.6 is 11.6 Å². The summed E-state index contributed by atoms with van der Waals surface area (Å²) >= 11 is 5.99. The quantitative estimate of drug-likeness (QED) is 0.923. The van der Waals surface area contributed by atoms with Crippen LogP contribution in [0, 0.1) is 5.92 Å². The molecule has 1 N–H and O–H groups in total. The van der Waals surface area contributed by atoms with E-state index >= 15 is 0 Å². The van der Waals surface area contributed by atoms with Gasteiger partial charge in [-0.1, -0.05) is 11.6 Å². The Hall–Kier alpha value is -2.34.